The average Bonchev–Trinajstić information content (AvgIpc) is 3.12. The number of methoxy groups -OCH3 is 1. The number of nitrogens with zero attached hydrogens (tertiary/aromatic N) is 2. The summed E-state index contributed by atoms with van der Waals surface area (Å²) in [5.74, 6) is -0.382. The van der Waals surface area contributed by atoms with Crippen molar-refractivity contribution in [1.82, 2.24) is 20.2 Å². The minimum absolute atomic E-state index is 0.103. The molecule has 0 spiro atoms. The van der Waals surface area contributed by atoms with Crippen molar-refractivity contribution in [2.24, 2.45) is 0 Å². The van der Waals surface area contributed by atoms with Crippen molar-refractivity contribution in [3.05, 3.63) is 51.5 Å². The van der Waals surface area contributed by atoms with Gasteiger partial charge in [0.25, 0.3) is 0 Å². The number of fused-ring (bicyclic) bond motifs is 1. The van der Waals surface area contributed by atoms with Crippen LogP contribution in [0, 0.1) is 0 Å². The number of aromatic amines is 1. The van der Waals surface area contributed by atoms with Gasteiger partial charge in [0.2, 0.25) is 0 Å². The highest BCUT2D eigenvalue weighted by molar-refractivity contribution is 6.42. The molecule has 1 aliphatic rings. The van der Waals surface area contributed by atoms with Crippen LogP contribution in [0.5, 0.6) is 0 Å². The van der Waals surface area contributed by atoms with Gasteiger partial charge in [-0.2, -0.15) is 0 Å². The quantitative estimate of drug-likeness (QED) is 0.777. The summed E-state index contributed by atoms with van der Waals surface area (Å²) in [6, 6.07) is 4.55. The van der Waals surface area contributed by atoms with Crippen LogP contribution in [0.25, 0.3) is 0 Å². The van der Waals surface area contributed by atoms with E-state index in [1.165, 1.54) is 7.11 Å². The second-order valence-corrected chi connectivity index (χ2v) is 6.60. The van der Waals surface area contributed by atoms with E-state index in [0.717, 1.165) is 11.4 Å². The monoisotopic (exact) mass is 396 g/mol. The number of H-pyrrole nitrogens is 1. The highest BCUT2D eigenvalue weighted by Gasteiger charge is 2.35. The number of hydrogen-bond acceptors (Lipinski definition) is 4. The van der Waals surface area contributed by atoms with E-state index in [9.17, 15) is 9.59 Å². The molecular weight excluding hydrogens is 379 g/mol. The first-order chi connectivity index (χ1) is 12.5. The lowest BCUT2D eigenvalue weighted by atomic mass is 9.96. The zero-order valence-electron chi connectivity index (χ0n) is 14.1. The van der Waals surface area contributed by atoms with Gasteiger partial charge < -0.3 is 19.9 Å². The number of carbonyl (C=O) groups is 2. The maximum absolute atomic E-state index is 12.7. The lowest BCUT2D eigenvalue weighted by Crippen LogP contribution is -2.46. The number of imidazole rings is 1. The fourth-order valence-corrected chi connectivity index (χ4v) is 3.43. The molecule has 0 bridgehead atoms. The van der Waals surface area contributed by atoms with E-state index in [1.807, 2.05) is 6.07 Å². The van der Waals surface area contributed by atoms with Gasteiger partial charge in [0.15, 0.2) is 0 Å². The smallest absolute Gasteiger partial charge is 0.318 e. The van der Waals surface area contributed by atoms with Crippen LogP contribution < -0.4 is 5.32 Å². The summed E-state index contributed by atoms with van der Waals surface area (Å²) in [5, 5.41) is 3.55. The maximum Gasteiger partial charge on any atom is 0.318 e. The number of halogens is 2. The molecule has 138 valence electrons. The minimum Gasteiger partial charge on any atom is -0.469 e. The van der Waals surface area contributed by atoms with Crippen molar-refractivity contribution < 1.29 is 14.3 Å². The van der Waals surface area contributed by atoms with Crippen LogP contribution in [-0.4, -0.2) is 47.1 Å². The fraction of sp³-hybridized carbons (Fsp3) is 0.353. The van der Waals surface area contributed by atoms with Crippen molar-refractivity contribution in [3.8, 4) is 0 Å². The average molecular weight is 397 g/mol. The Morgan fingerprint density at radius 2 is 2.23 bits per heavy atom. The van der Waals surface area contributed by atoms with Gasteiger partial charge in [-0.15, -0.1) is 0 Å². The fourth-order valence-electron chi connectivity index (χ4n) is 3.02. The Balaban J connectivity index is 1.88. The van der Waals surface area contributed by atoms with E-state index in [0.29, 0.717) is 28.6 Å². The van der Waals surface area contributed by atoms with Gasteiger partial charge in [-0.25, -0.2) is 9.78 Å². The molecule has 0 saturated carbocycles. The molecule has 0 fully saturated rings. The molecule has 0 radical (unpaired) electrons. The summed E-state index contributed by atoms with van der Waals surface area (Å²) in [4.78, 5) is 33.1. The van der Waals surface area contributed by atoms with Crippen molar-refractivity contribution in [2.45, 2.75) is 18.9 Å². The molecule has 1 atom stereocenters. The molecule has 3 rings (SSSR count). The van der Waals surface area contributed by atoms with E-state index in [4.69, 9.17) is 23.2 Å². The Kier molecular flexibility index (Phi) is 5.68. The van der Waals surface area contributed by atoms with Gasteiger partial charge >= 0.3 is 12.0 Å². The molecule has 2 heterocycles. The highest BCUT2D eigenvalue weighted by atomic mass is 35.5. The Morgan fingerprint density at radius 1 is 1.42 bits per heavy atom. The first-order valence-corrected chi connectivity index (χ1v) is 8.86. The summed E-state index contributed by atoms with van der Waals surface area (Å²) in [6.07, 6.45) is 2.36. The highest BCUT2D eigenvalue weighted by Crippen LogP contribution is 2.39. The molecule has 2 N–H and O–H groups in total. The van der Waals surface area contributed by atoms with E-state index in [-0.39, 0.29) is 25.0 Å². The molecule has 0 saturated heterocycles. The number of hydrogen-bond donors (Lipinski definition) is 2. The summed E-state index contributed by atoms with van der Waals surface area (Å²) in [6.45, 7) is 0.665. The van der Waals surface area contributed by atoms with Crippen LogP contribution in [0.15, 0.2) is 24.5 Å². The molecule has 7 nitrogen and oxygen atoms in total. The Labute approximate surface area is 160 Å². The van der Waals surface area contributed by atoms with Crippen LogP contribution in [0.4, 0.5) is 4.79 Å². The summed E-state index contributed by atoms with van der Waals surface area (Å²) >= 11 is 12.6. The molecule has 1 aromatic carbocycles. The number of nitrogens with one attached hydrogen (secondary N) is 2. The molecule has 9 heteroatoms. The Bertz CT molecular complexity index is 824. The largest absolute Gasteiger partial charge is 0.469 e. The van der Waals surface area contributed by atoms with Gasteiger partial charge in [-0.1, -0.05) is 35.3 Å². The normalized spacial score (nSPS) is 16.1. The predicted molar refractivity (Wildman–Crippen MR) is 97.3 cm³/mol. The number of rotatable bonds is 4. The number of urea groups is 1. The van der Waals surface area contributed by atoms with E-state index in [1.54, 1.807) is 23.4 Å². The SMILES string of the molecule is COC(=O)CCNC(=O)N1CCc2[nH]cnc2C1c1cccc(Cl)c1Cl. The topological polar surface area (TPSA) is 87.3 Å². The number of amides is 2. The Morgan fingerprint density at radius 3 is 3.00 bits per heavy atom. The number of ether oxygens (including phenoxy) is 1. The van der Waals surface area contributed by atoms with Crippen LogP contribution in [0.1, 0.15) is 29.4 Å². The second kappa shape index (κ2) is 7.97. The van der Waals surface area contributed by atoms with Gasteiger partial charge in [-0.05, 0) is 6.07 Å². The van der Waals surface area contributed by atoms with Crippen molar-refractivity contribution in [2.75, 3.05) is 20.2 Å². The van der Waals surface area contributed by atoms with Crippen LogP contribution in [-0.2, 0) is 16.0 Å². The van der Waals surface area contributed by atoms with Crippen LogP contribution in [0.3, 0.4) is 0 Å². The van der Waals surface area contributed by atoms with Gasteiger partial charge in [0.05, 0.1) is 35.6 Å². The summed E-state index contributed by atoms with van der Waals surface area (Å²) in [5.41, 5.74) is 2.41. The number of esters is 1. The van der Waals surface area contributed by atoms with E-state index >= 15 is 0 Å². The Hall–Kier alpha value is -2.25. The zero-order chi connectivity index (χ0) is 18.7. The summed E-state index contributed by atoms with van der Waals surface area (Å²) in [7, 11) is 1.31. The summed E-state index contributed by atoms with van der Waals surface area (Å²) < 4.78 is 4.58. The minimum atomic E-state index is -0.464. The van der Waals surface area contributed by atoms with E-state index < -0.39 is 6.04 Å². The maximum atomic E-state index is 12.7. The first-order valence-electron chi connectivity index (χ1n) is 8.10. The van der Waals surface area contributed by atoms with E-state index in [2.05, 4.69) is 20.0 Å². The lowest BCUT2D eigenvalue weighted by Gasteiger charge is -2.35. The molecule has 26 heavy (non-hydrogen) atoms. The molecule has 2 aromatic rings. The lowest BCUT2D eigenvalue weighted by molar-refractivity contribution is -0.140. The molecule has 1 aromatic heterocycles. The van der Waals surface area contributed by atoms with Crippen molar-refractivity contribution in [3.63, 3.8) is 0 Å². The molecular formula is C17H18Cl2N4O3. The number of aromatic nitrogens is 2. The zero-order valence-corrected chi connectivity index (χ0v) is 15.6. The third-order valence-corrected chi connectivity index (χ3v) is 5.13. The molecule has 1 unspecified atom stereocenters. The molecule has 1 aliphatic heterocycles. The third kappa shape index (κ3) is 3.64. The second-order valence-electron chi connectivity index (χ2n) is 5.81. The van der Waals surface area contributed by atoms with Gasteiger partial charge in [0, 0.05) is 30.8 Å². The number of benzene rings is 1. The molecule has 2 amide bonds. The van der Waals surface area contributed by atoms with Crippen molar-refractivity contribution >= 4 is 35.2 Å². The van der Waals surface area contributed by atoms with Gasteiger partial charge in [-0.3, -0.25) is 4.79 Å². The first kappa shape index (κ1) is 18.5. The predicted octanol–water partition coefficient (Wildman–Crippen LogP) is 2.94. The van der Waals surface area contributed by atoms with Crippen LogP contribution in [0.2, 0.25) is 10.0 Å². The van der Waals surface area contributed by atoms with Crippen molar-refractivity contribution in [1.29, 1.82) is 0 Å². The standard InChI is InChI=1S/C17H18Cl2N4O3/c1-26-13(24)5-7-20-17(25)23-8-6-12-15(22-9-21-12)16(23)10-3-2-4-11(18)14(10)19/h2-4,9,16H,5-8H2,1H3,(H,20,25)(H,21,22). The van der Waals surface area contributed by atoms with Gasteiger partial charge in [0.1, 0.15) is 6.04 Å². The van der Waals surface area contributed by atoms with Crippen LogP contribution >= 0.6 is 23.2 Å². The third-order valence-electron chi connectivity index (χ3n) is 4.29. The molecule has 0 aliphatic carbocycles. The number of carbonyl (C=O) groups excluding carboxylic acids is 2.